The zero-order chi connectivity index (χ0) is 20.6. The van der Waals surface area contributed by atoms with Crippen LogP contribution in [0.1, 0.15) is 51.6 Å². The zero-order valence-electron chi connectivity index (χ0n) is 15.8. The molecule has 0 saturated heterocycles. The molecule has 0 bridgehead atoms. The van der Waals surface area contributed by atoms with Gasteiger partial charge in [-0.15, -0.1) is 5.10 Å². The van der Waals surface area contributed by atoms with Gasteiger partial charge in [0.05, 0.1) is 16.1 Å². The van der Waals surface area contributed by atoms with Crippen molar-refractivity contribution in [3.05, 3.63) is 34.1 Å². The van der Waals surface area contributed by atoms with Gasteiger partial charge in [-0.25, -0.2) is 0 Å². The number of nitriles is 1. The predicted octanol–water partition coefficient (Wildman–Crippen LogP) is 4.95. The van der Waals surface area contributed by atoms with Gasteiger partial charge in [0.25, 0.3) is 0 Å². The van der Waals surface area contributed by atoms with Crippen molar-refractivity contribution in [3.63, 3.8) is 0 Å². The van der Waals surface area contributed by atoms with E-state index >= 15 is 0 Å². The minimum Gasteiger partial charge on any atom is -0.341 e. The van der Waals surface area contributed by atoms with Crippen LogP contribution >= 0.6 is 11.6 Å². The molecule has 0 fully saturated rings. The summed E-state index contributed by atoms with van der Waals surface area (Å²) in [7, 11) is 0. The van der Waals surface area contributed by atoms with E-state index in [9.17, 15) is 18.4 Å². The first-order valence-corrected chi connectivity index (χ1v) is 8.85. The first-order chi connectivity index (χ1) is 12.4. The smallest absolute Gasteiger partial charge is 0.341 e. The van der Waals surface area contributed by atoms with Gasteiger partial charge < -0.3 is 4.90 Å². The standard InChI is InChI=1S/C18H21ClF3N5/c1-6-26(7-2)16-24-15(17(3,4)5)25-27(16)14-11(10-23)8-12(9-13(14)19)18(20,21)22/h8-9H,6-7H2,1-5H3. The van der Waals surface area contributed by atoms with Crippen molar-refractivity contribution in [3.8, 4) is 11.8 Å². The van der Waals surface area contributed by atoms with E-state index in [2.05, 4.69) is 10.1 Å². The van der Waals surface area contributed by atoms with Gasteiger partial charge in [0.1, 0.15) is 11.8 Å². The van der Waals surface area contributed by atoms with Crippen LogP contribution in [0.3, 0.4) is 0 Å². The van der Waals surface area contributed by atoms with E-state index in [1.807, 2.05) is 39.5 Å². The molecule has 0 N–H and O–H groups in total. The molecule has 0 saturated carbocycles. The van der Waals surface area contributed by atoms with Crippen LogP contribution < -0.4 is 4.90 Å². The van der Waals surface area contributed by atoms with Gasteiger partial charge in [0.2, 0.25) is 5.95 Å². The van der Waals surface area contributed by atoms with Gasteiger partial charge in [0, 0.05) is 18.5 Å². The molecule has 0 amide bonds. The molecular formula is C18H21ClF3N5. The lowest BCUT2D eigenvalue weighted by Crippen LogP contribution is -2.26. The molecule has 5 nitrogen and oxygen atoms in total. The molecular weight excluding hydrogens is 379 g/mol. The van der Waals surface area contributed by atoms with E-state index in [4.69, 9.17) is 11.6 Å². The normalized spacial score (nSPS) is 12.1. The minimum absolute atomic E-state index is 0.0945. The molecule has 0 spiro atoms. The maximum atomic E-state index is 13.1. The van der Waals surface area contributed by atoms with Crippen LogP contribution in [0.5, 0.6) is 0 Å². The molecule has 0 aliphatic carbocycles. The van der Waals surface area contributed by atoms with Crippen molar-refractivity contribution in [2.45, 2.75) is 46.2 Å². The van der Waals surface area contributed by atoms with E-state index in [1.54, 1.807) is 6.07 Å². The number of benzene rings is 1. The molecule has 1 heterocycles. The number of alkyl halides is 3. The molecule has 1 aromatic heterocycles. The fourth-order valence-corrected chi connectivity index (χ4v) is 2.85. The molecule has 2 rings (SSSR count). The van der Waals surface area contributed by atoms with Crippen LogP contribution in [0, 0.1) is 11.3 Å². The molecule has 0 unspecified atom stereocenters. The van der Waals surface area contributed by atoms with E-state index in [0.717, 1.165) is 12.1 Å². The summed E-state index contributed by atoms with van der Waals surface area (Å²) >= 11 is 6.18. The van der Waals surface area contributed by atoms with Crippen LogP contribution in [0.4, 0.5) is 19.1 Å². The van der Waals surface area contributed by atoms with Crippen molar-refractivity contribution in [2.75, 3.05) is 18.0 Å². The van der Waals surface area contributed by atoms with Gasteiger partial charge in [-0.1, -0.05) is 32.4 Å². The summed E-state index contributed by atoms with van der Waals surface area (Å²) in [5, 5.41) is 13.7. The average Bonchev–Trinajstić information content (AvgIpc) is 2.99. The first-order valence-electron chi connectivity index (χ1n) is 8.47. The number of rotatable bonds is 4. The van der Waals surface area contributed by atoms with Crippen LogP contribution in [-0.4, -0.2) is 27.9 Å². The minimum atomic E-state index is -4.60. The fourth-order valence-electron chi connectivity index (χ4n) is 2.55. The summed E-state index contributed by atoms with van der Waals surface area (Å²) in [6.45, 7) is 10.9. The van der Waals surface area contributed by atoms with Gasteiger partial charge in [0.15, 0.2) is 5.82 Å². The number of hydrogen-bond donors (Lipinski definition) is 0. The monoisotopic (exact) mass is 399 g/mol. The topological polar surface area (TPSA) is 57.7 Å². The molecule has 0 atom stereocenters. The Labute approximate surface area is 161 Å². The molecule has 0 aliphatic heterocycles. The Morgan fingerprint density at radius 3 is 2.22 bits per heavy atom. The summed E-state index contributed by atoms with van der Waals surface area (Å²) < 4.78 is 40.6. The first kappa shape index (κ1) is 21.0. The second-order valence-electron chi connectivity index (χ2n) is 7.03. The maximum Gasteiger partial charge on any atom is 0.416 e. The summed E-state index contributed by atoms with van der Waals surface area (Å²) in [6, 6.07) is 3.40. The summed E-state index contributed by atoms with van der Waals surface area (Å²) in [6.07, 6.45) is -4.60. The number of aromatic nitrogens is 3. The Hall–Kier alpha value is -2.27. The van der Waals surface area contributed by atoms with E-state index in [1.165, 1.54) is 4.68 Å². The third-order valence-corrected chi connectivity index (χ3v) is 4.32. The quantitative estimate of drug-likeness (QED) is 0.729. The molecule has 146 valence electrons. The number of hydrogen-bond acceptors (Lipinski definition) is 4. The number of halogens is 4. The summed E-state index contributed by atoms with van der Waals surface area (Å²) in [5.41, 5.74) is -1.49. The van der Waals surface area contributed by atoms with Crippen molar-refractivity contribution >= 4 is 17.5 Å². The Morgan fingerprint density at radius 1 is 1.19 bits per heavy atom. The third kappa shape index (κ3) is 4.19. The lowest BCUT2D eigenvalue weighted by molar-refractivity contribution is -0.137. The Morgan fingerprint density at radius 2 is 1.78 bits per heavy atom. The Balaban J connectivity index is 2.81. The van der Waals surface area contributed by atoms with Crippen LogP contribution in [0.25, 0.3) is 5.69 Å². The zero-order valence-corrected chi connectivity index (χ0v) is 16.6. The van der Waals surface area contributed by atoms with Crippen molar-refractivity contribution in [1.82, 2.24) is 14.8 Å². The molecule has 2 aromatic rings. The SMILES string of the molecule is CCN(CC)c1nc(C(C)(C)C)nn1-c1c(Cl)cc(C(F)(F)F)cc1C#N. The van der Waals surface area contributed by atoms with E-state index in [-0.39, 0.29) is 16.3 Å². The van der Waals surface area contributed by atoms with Gasteiger partial charge in [-0.05, 0) is 26.0 Å². The molecule has 0 radical (unpaired) electrons. The van der Waals surface area contributed by atoms with E-state index in [0.29, 0.717) is 24.9 Å². The van der Waals surface area contributed by atoms with Gasteiger partial charge in [-0.3, -0.25) is 0 Å². The largest absolute Gasteiger partial charge is 0.416 e. The number of anilines is 1. The lowest BCUT2D eigenvalue weighted by Gasteiger charge is -2.21. The third-order valence-electron chi connectivity index (χ3n) is 4.03. The molecule has 0 aliphatic rings. The van der Waals surface area contributed by atoms with Crippen LogP contribution in [-0.2, 0) is 11.6 Å². The fraction of sp³-hybridized carbons (Fsp3) is 0.500. The van der Waals surface area contributed by atoms with Crippen LogP contribution in [0.15, 0.2) is 12.1 Å². The highest BCUT2D eigenvalue weighted by atomic mass is 35.5. The van der Waals surface area contributed by atoms with Gasteiger partial charge >= 0.3 is 6.18 Å². The maximum absolute atomic E-state index is 13.1. The van der Waals surface area contributed by atoms with Gasteiger partial charge in [-0.2, -0.15) is 28.1 Å². The van der Waals surface area contributed by atoms with Crippen molar-refractivity contribution in [1.29, 1.82) is 5.26 Å². The summed E-state index contributed by atoms with van der Waals surface area (Å²) in [4.78, 5) is 6.48. The highest BCUT2D eigenvalue weighted by Gasteiger charge is 2.33. The Kier molecular flexibility index (Phi) is 5.76. The second kappa shape index (κ2) is 7.39. The number of nitrogens with zero attached hydrogens (tertiary/aromatic N) is 5. The van der Waals surface area contributed by atoms with Crippen molar-refractivity contribution in [2.24, 2.45) is 0 Å². The lowest BCUT2D eigenvalue weighted by atomic mass is 9.96. The Bertz CT molecular complexity index is 871. The predicted molar refractivity (Wildman–Crippen MR) is 98.3 cm³/mol. The summed E-state index contributed by atoms with van der Waals surface area (Å²) in [5.74, 6) is 0.937. The highest BCUT2D eigenvalue weighted by Crippen LogP contribution is 2.36. The van der Waals surface area contributed by atoms with Crippen molar-refractivity contribution < 1.29 is 13.2 Å². The molecule has 1 aromatic carbocycles. The average molecular weight is 400 g/mol. The molecule has 9 heteroatoms. The van der Waals surface area contributed by atoms with Crippen LogP contribution in [0.2, 0.25) is 5.02 Å². The van der Waals surface area contributed by atoms with E-state index < -0.39 is 17.2 Å². The highest BCUT2D eigenvalue weighted by molar-refractivity contribution is 6.32. The molecule has 27 heavy (non-hydrogen) atoms. The second-order valence-corrected chi connectivity index (χ2v) is 7.44.